The predicted molar refractivity (Wildman–Crippen MR) is 118 cm³/mol. The molecule has 1 aromatic carbocycles. The first-order chi connectivity index (χ1) is 14.9. The Kier molecular flexibility index (Phi) is 6.64. The standard InChI is InChI=1S/C21H22ClFN4O3S/c22-15-4-2-14(3-5-15)13-24-19(28)16-12-17(23)18-21(30)25(8-10-27(18)20(16)29)7-9-26-6-1-11-31-26/h2-5,12H,1,6-11,13H2,(H,24,28). The Morgan fingerprint density at radius 3 is 2.61 bits per heavy atom. The highest BCUT2D eigenvalue weighted by molar-refractivity contribution is 7.97. The second-order valence-electron chi connectivity index (χ2n) is 7.43. The lowest BCUT2D eigenvalue weighted by atomic mass is 10.1. The summed E-state index contributed by atoms with van der Waals surface area (Å²) in [5.74, 6) is -0.987. The topological polar surface area (TPSA) is 74.7 Å². The highest BCUT2D eigenvalue weighted by atomic mass is 35.5. The fourth-order valence-electron chi connectivity index (χ4n) is 3.70. The van der Waals surface area contributed by atoms with Crippen LogP contribution in [-0.2, 0) is 13.1 Å². The van der Waals surface area contributed by atoms with Gasteiger partial charge in [0.1, 0.15) is 11.3 Å². The van der Waals surface area contributed by atoms with Crippen molar-refractivity contribution < 1.29 is 14.0 Å². The SMILES string of the molecule is O=C(NCc1ccc(Cl)cc1)c1cc(F)c2n(c1=O)CCN(CCN1CCCS1)C2=O. The van der Waals surface area contributed by atoms with Crippen molar-refractivity contribution in [3.8, 4) is 0 Å². The minimum Gasteiger partial charge on any atom is -0.348 e. The Morgan fingerprint density at radius 1 is 1.13 bits per heavy atom. The summed E-state index contributed by atoms with van der Waals surface area (Å²) in [6.07, 6.45) is 1.12. The minimum atomic E-state index is -0.860. The van der Waals surface area contributed by atoms with Crippen LogP contribution in [0.3, 0.4) is 0 Å². The van der Waals surface area contributed by atoms with E-state index in [0.29, 0.717) is 24.7 Å². The van der Waals surface area contributed by atoms with Crippen molar-refractivity contribution in [3.63, 3.8) is 0 Å². The normalized spacial score (nSPS) is 16.5. The van der Waals surface area contributed by atoms with Gasteiger partial charge in [0.2, 0.25) is 0 Å². The molecule has 0 unspecified atom stereocenters. The van der Waals surface area contributed by atoms with E-state index in [1.807, 2.05) is 0 Å². The van der Waals surface area contributed by atoms with Gasteiger partial charge in [-0.15, -0.1) is 0 Å². The molecule has 31 heavy (non-hydrogen) atoms. The summed E-state index contributed by atoms with van der Waals surface area (Å²) >= 11 is 7.59. The number of fused-ring (bicyclic) bond motifs is 1. The Morgan fingerprint density at radius 2 is 1.90 bits per heavy atom. The molecule has 0 atom stereocenters. The highest BCUT2D eigenvalue weighted by Gasteiger charge is 2.31. The van der Waals surface area contributed by atoms with Gasteiger partial charge in [0.15, 0.2) is 5.82 Å². The number of aromatic nitrogens is 1. The van der Waals surface area contributed by atoms with E-state index in [2.05, 4.69) is 9.62 Å². The number of nitrogens with one attached hydrogen (secondary N) is 1. The van der Waals surface area contributed by atoms with Crippen LogP contribution in [-0.4, -0.2) is 57.5 Å². The van der Waals surface area contributed by atoms with Crippen LogP contribution in [0.2, 0.25) is 5.02 Å². The van der Waals surface area contributed by atoms with Crippen LogP contribution < -0.4 is 10.9 Å². The Balaban J connectivity index is 1.48. The van der Waals surface area contributed by atoms with Crippen LogP contribution in [0.15, 0.2) is 35.1 Å². The van der Waals surface area contributed by atoms with E-state index >= 15 is 0 Å². The highest BCUT2D eigenvalue weighted by Crippen LogP contribution is 2.20. The van der Waals surface area contributed by atoms with E-state index in [1.54, 1.807) is 41.1 Å². The maximum atomic E-state index is 14.8. The van der Waals surface area contributed by atoms with Crippen molar-refractivity contribution >= 4 is 35.4 Å². The monoisotopic (exact) mass is 464 g/mol. The summed E-state index contributed by atoms with van der Waals surface area (Å²) in [5.41, 5.74) is -0.462. The zero-order valence-electron chi connectivity index (χ0n) is 16.8. The number of hydrogen-bond donors (Lipinski definition) is 1. The van der Waals surface area contributed by atoms with Crippen molar-refractivity contribution in [2.45, 2.75) is 19.5 Å². The van der Waals surface area contributed by atoms with Gasteiger partial charge in [-0.25, -0.2) is 8.70 Å². The first-order valence-corrected chi connectivity index (χ1v) is 11.4. The van der Waals surface area contributed by atoms with Crippen LogP contribution in [0.4, 0.5) is 4.39 Å². The third-order valence-electron chi connectivity index (χ3n) is 5.38. The third kappa shape index (κ3) is 4.78. The molecule has 3 heterocycles. The second kappa shape index (κ2) is 9.42. The molecule has 1 saturated heterocycles. The molecule has 0 spiro atoms. The first kappa shape index (κ1) is 21.9. The van der Waals surface area contributed by atoms with Gasteiger partial charge in [0.25, 0.3) is 17.4 Å². The van der Waals surface area contributed by atoms with Crippen molar-refractivity contribution in [3.05, 3.63) is 68.3 Å². The Labute approximate surface area is 188 Å². The zero-order valence-corrected chi connectivity index (χ0v) is 18.3. The molecule has 1 aromatic heterocycles. The lowest BCUT2D eigenvalue weighted by molar-refractivity contribution is 0.0685. The van der Waals surface area contributed by atoms with E-state index in [-0.39, 0.29) is 24.3 Å². The van der Waals surface area contributed by atoms with E-state index in [1.165, 1.54) is 0 Å². The second-order valence-corrected chi connectivity index (χ2v) is 9.05. The van der Waals surface area contributed by atoms with Crippen molar-refractivity contribution in [2.24, 2.45) is 0 Å². The fraction of sp³-hybridized carbons (Fsp3) is 0.381. The number of pyridine rings is 1. The van der Waals surface area contributed by atoms with Gasteiger partial charge in [0.05, 0.1) is 0 Å². The summed E-state index contributed by atoms with van der Waals surface area (Å²) in [4.78, 5) is 39.7. The molecule has 1 N–H and O–H groups in total. The number of halogens is 2. The number of carbonyl (C=O) groups excluding carboxylic acids is 2. The molecular formula is C21H22ClFN4O3S. The molecule has 0 saturated carbocycles. The van der Waals surface area contributed by atoms with Crippen molar-refractivity contribution in [1.82, 2.24) is 19.1 Å². The molecule has 0 aliphatic carbocycles. The van der Waals surface area contributed by atoms with Gasteiger partial charge in [-0.2, -0.15) is 0 Å². The number of rotatable bonds is 6. The molecule has 0 bridgehead atoms. The van der Waals surface area contributed by atoms with Crippen LogP contribution in [0, 0.1) is 5.82 Å². The van der Waals surface area contributed by atoms with Gasteiger partial charge in [0, 0.05) is 50.0 Å². The number of benzene rings is 1. The Hall–Kier alpha value is -2.36. The average Bonchev–Trinajstić information content (AvgIpc) is 3.28. The van der Waals surface area contributed by atoms with Gasteiger partial charge in [-0.3, -0.25) is 19.0 Å². The van der Waals surface area contributed by atoms with Gasteiger partial charge in [-0.05, 0) is 30.2 Å². The fourth-order valence-corrected chi connectivity index (χ4v) is 4.81. The molecule has 2 aliphatic rings. The summed E-state index contributed by atoms with van der Waals surface area (Å²) in [6, 6.07) is 7.74. The predicted octanol–water partition coefficient (Wildman–Crippen LogP) is 2.38. The van der Waals surface area contributed by atoms with E-state index in [0.717, 1.165) is 34.9 Å². The summed E-state index contributed by atoms with van der Waals surface area (Å²) in [5, 5.41) is 3.19. The molecule has 4 rings (SSSR count). The molecular weight excluding hydrogens is 443 g/mol. The van der Waals surface area contributed by atoms with Crippen LogP contribution in [0.1, 0.15) is 32.8 Å². The van der Waals surface area contributed by atoms with E-state index in [4.69, 9.17) is 11.6 Å². The molecule has 2 aliphatic heterocycles. The quantitative estimate of drug-likeness (QED) is 0.664. The van der Waals surface area contributed by atoms with Crippen molar-refractivity contribution in [1.29, 1.82) is 0 Å². The number of amides is 2. The summed E-state index contributed by atoms with van der Waals surface area (Å²) in [6.45, 7) is 2.78. The van der Waals surface area contributed by atoms with E-state index in [9.17, 15) is 18.8 Å². The van der Waals surface area contributed by atoms with Gasteiger partial charge in [-0.1, -0.05) is 35.7 Å². The maximum Gasteiger partial charge on any atom is 0.273 e. The third-order valence-corrected chi connectivity index (χ3v) is 6.84. The van der Waals surface area contributed by atoms with E-state index < -0.39 is 23.2 Å². The average molecular weight is 465 g/mol. The molecule has 164 valence electrons. The molecule has 0 radical (unpaired) electrons. The van der Waals surface area contributed by atoms with Gasteiger partial charge >= 0.3 is 0 Å². The van der Waals surface area contributed by atoms with Gasteiger partial charge < -0.3 is 10.2 Å². The summed E-state index contributed by atoms with van der Waals surface area (Å²) < 4.78 is 18.1. The zero-order chi connectivity index (χ0) is 22.0. The largest absolute Gasteiger partial charge is 0.348 e. The number of hydrogen-bond acceptors (Lipinski definition) is 5. The molecule has 10 heteroatoms. The molecule has 2 amide bonds. The minimum absolute atomic E-state index is 0.155. The van der Waals surface area contributed by atoms with Crippen LogP contribution in [0.5, 0.6) is 0 Å². The smallest absolute Gasteiger partial charge is 0.273 e. The number of nitrogens with zero attached hydrogens (tertiary/aromatic N) is 3. The number of carbonyl (C=O) groups is 2. The maximum absolute atomic E-state index is 14.8. The van der Waals surface area contributed by atoms with Crippen LogP contribution >= 0.6 is 23.5 Å². The van der Waals surface area contributed by atoms with Crippen LogP contribution in [0.25, 0.3) is 0 Å². The molecule has 1 fully saturated rings. The lowest BCUT2D eigenvalue weighted by Gasteiger charge is -2.31. The Bertz CT molecular complexity index is 1050. The summed E-state index contributed by atoms with van der Waals surface area (Å²) in [7, 11) is 0. The lowest BCUT2D eigenvalue weighted by Crippen LogP contribution is -2.48. The first-order valence-electron chi connectivity index (χ1n) is 10.1. The molecule has 2 aromatic rings. The van der Waals surface area contributed by atoms with Crippen molar-refractivity contribution in [2.75, 3.05) is 31.9 Å². The molecule has 7 nitrogen and oxygen atoms in total.